The molecule has 1 N–H and O–H groups in total. The second kappa shape index (κ2) is 8.14. The first kappa shape index (κ1) is 17.7. The summed E-state index contributed by atoms with van der Waals surface area (Å²) in [4.78, 5) is 25.0. The zero-order valence-electron chi connectivity index (χ0n) is 12.8. The van der Waals surface area contributed by atoms with Crippen LogP contribution >= 0.6 is 15.9 Å². The first-order valence-corrected chi connectivity index (χ1v) is 7.47. The molecular formula is C15H21BrN2O3. The Morgan fingerprint density at radius 3 is 2.57 bits per heavy atom. The van der Waals surface area contributed by atoms with E-state index in [1.165, 1.54) is 7.11 Å². The van der Waals surface area contributed by atoms with Gasteiger partial charge in [-0.05, 0) is 38.6 Å². The summed E-state index contributed by atoms with van der Waals surface area (Å²) >= 11 is 3.44. The minimum absolute atomic E-state index is 0.00481. The highest BCUT2D eigenvalue weighted by molar-refractivity contribution is 9.10. The lowest BCUT2D eigenvalue weighted by atomic mass is 10.1. The van der Waals surface area contributed by atoms with Gasteiger partial charge in [0.1, 0.15) is 0 Å². The molecule has 0 aromatic heterocycles. The predicted octanol–water partition coefficient (Wildman–Crippen LogP) is 2.19. The van der Waals surface area contributed by atoms with Crippen LogP contribution in [0.5, 0.6) is 0 Å². The summed E-state index contributed by atoms with van der Waals surface area (Å²) in [6, 6.07) is 5.43. The molecular weight excluding hydrogens is 336 g/mol. The van der Waals surface area contributed by atoms with E-state index in [0.29, 0.717) is 18.7 Å². The number of hydrogen-bond acceptors (Lipinski definition) is 4. The SMILES string of the molecule is COC(=O)c1ccc(CN(C)CC(=O)NC(C)C)c(Br)c1. The topological polar surface area (TPSA) is 58.6 Å². The largest absolute Gasteiger partial charge is 0.465 e. The molecule has 0 saturated carbocycles. The van der Waals surface area contributed by atoms with Crippen LogP contribution in [0.25, 0.3) is 0 Å². The van der Waals surface area contributed by atoms with Gasteiger partial charge in [0.2, 0.25) is 5.91 Å². The fourth-order valence-electron chi connectivity index (χ4n) is 1.88. The molecule has 0 heterocycles. The van der Waals surface area contributed by atoms with Crippen LogP contribution in [0.1, 0.15) is 29.8 Å². The molecule has 0 bridgehead atoms. The summed E-state index contributed by atoms with van der Waals surface area (Å²) in [5.74, 6) is -0.373. The number of hydrogen-bond donors (Lipinski definition) is 1. The van der Waals surface area contributed by atoms with Crippen molar-refractivity contribution in [3.63, 3.8) is 0 Å². The van der Waals surface area contributed by atoms with Crippen molar-refractivity contribution in [2.24, 2.45) is 0 Å². The molecule has 1 amide bonds. The second-order valence-corrected chi connectivity index (χ2v) is 6.05. The van der Waals surface area contributed by atoms with Gasteiger partial charge in [-0.2, -0.15) is 0 Å². The Morgan fingerprint density at radius 2 is 2.05 bits per heavy atom. The van der Waals surface area contributed by atoms with Crippen LogP contribution in [0.15, 0.2) is 22.7 Å². The predicted molar refractivity (Wildman–Crippen MR) is 85.1 cm³/mol. The number of halogens is 1. The van der Waals surface area contributed by atoms with Gasteiger partial charge in [-0.15, -0.1) is 0 Å². The van der Waals surface area contributed by atoms with Gasteiger partial charge < -0.3 is 10.1 Å². The number of ether oxygens (including phenoxy) is 1. The number of carbonyl (C=O) groups excluding carboxylic acids is 2. The number of rotatable bonds is 6. The van der Waals surface area contributed by atoms with E-state index in [0.717, 1.165) is 10.0 Å². The lowest BCUT2D eigenvalue weighted by molar-refractivity contribution is -0.122. The molecule has 0 unspecified atom stereocenters. The summed E-state index contributed by atoms with van der Waals surface area (Å²) in [6.45, 7) is 4.79. The van der Waals surface area contributed by atoms with Gasteiger partial charge in [-0.25, -0.2) is 4.79 Å². The third kappa shape index (κ3) is 5.85. The van der Waals surface area contributed by atoms with Gasteiger partial charge >= 0.3 is 5.97 Å². The highest BCUT2D eigenvalue weighted by Crippen LogP contribution is 2.20. The van der Waals surface area contributed by atoms with E-state index < -0.39 is 0 Å². The van der Waals surface area contributed by atoms with Gasteiger partial charge in [0.25, 0.3) is 0 Å². The maximum atomic E-state index is 11.7. The fourth-order valence-corrected chi connectivity index (χ4v) is 2.38. The second-order valence-electron chi connectivity index (χ2n) is 5.19. The average Bonchev–Trinajstić information content (AvgIpc) is 2.38. The summed E-state index contributed by atoms with van der Waals surface area (Å²) in [6.07, 6.45) is 0. The van der Waals surface area contributed by atoms with Crippen LogP contribution in [-0.2, 0) is 16.1 Å². The Bertz CT molecular complexity index is 518. The number of benzene rings is 1. The van der Waals surface area contributed by atoms with E-state index in [-0.39, 0.29) is 17.9 Å². The molecule has 0 radical (unpaired) electrons. The van der Waals surface area contributed by atoms with Crippen LogP contribution < -0.4 is 5.32 Å². The van der Waals surface area contributed by atoms with Crippen LogP contribution in [0.4, 0.5) is 0 Å². The number of nitrogens with one attached hydrogen (secondary N) is 1. The van der Waals surface area contributed by atoms with E-state index in [1.807, 2.05) is 31.9 Å². The average molecular weight is 357 g/mol. The van der Waals surface area contributed by atoms with Crippen molar-refractivity contribution in [3.05, 3.63) is 33.8 Å². The van der Waals surface area contributed by atoms with Crippen molar-refractivity contribution < 1.29 is 14.3 Å². The van der Waals surface area contributed by atoms with E-state index >= 15 is 0 Å². The number of nitrogens with zero attached hydrogens (tertiary/aromatic N) is 1. The summed E-state index contributed by atoms with van der Waals surface area (Å²) in [7, 11) is 3.23. The molecule has 0 aliphatic carbocycles. The summed E-state index contributed by atoms with van der Waals surface area (Å²) < 4.78 is 5.50. The molecule has 0 aliphatic rings. The number of methoxy groups -OCH3 is 1. The Hall–Kier alpha value is -1.40. The lowest BCUT2D eigenvalue weighted by Gasteiger charge is -2.18. The molecule has 1 aromatic rings. The van der Waals surface area contributed by atoms with E-state index in [1.54, 1.807) is 12.1 Å². The zero-order chi connectivity index (χ0) is 16.0. The molecule has 0 saturated heterocycles. The number of amides is 1. The molecule has 5 nitrogen and oxygen atoms in total. The van der Waals surface area contributed by atoms with Gasteiger partial charge in [-0.1, -0.05) is 22.0 Å². The summed E-state index contributed by atoms with van der Waals surface area (Å²) in [5, 5.41) is 2.85. The Labute approximate surface area is 133 Å². The molecule has 116 valence electrons. The zero-order valence-corrected chi connectivity index (χ0v) is 14.4. The third-order valence-corrected chi connectivity index (χ3v) is 3.52. The molecule has 0 atom stereocenters. The molecule has 0 aliphatic heterocycles. The number of carbonyl (C=O) groups is 2. The minimum atomic E-state index is -0.369. The third-order valence-electron chi connectivity index (χ3n) is 2.78. The maximum absolute atomic E-state index is 11.7. The first-order valence-electron chi connectivity index (χ1n) is 6.68. The van der Waals surface area contributed by atoms with Crippen molar-refractivity contribution in [2.75, 3.05) is 20.7 Å². The van der Waals surface area contributed by atoms with Gasteiger partial charge in [0.15, 0.2) is 0 Å². The van der Waals surface area contributed by atoms with E-state index in [2.05, 4.69) is 26.0 Å². The van der Waals surface area contributed by atoms with Crippen LogP contribution in [-0.4, -0.2) is 43.5 Å². The Morgan fingerprint density at radius 1 is 1.38 bits per heavy atom. The maximum Gasteiger partial charge on any atom is 0.337 e. The standard InChI is InChI=1S/C15H21BrN2O3/c1-10(2)17-14(19)9-18(3)8-12-6-5-11(7-13(12)16)15(20)21-4/h5-7,10H,8-9H2,1-4H3,(H,17,19). The fraction of sp³-hybridized carbons (Fsp3) is 0.467. The van der Waals surface area contributed by atoms with Gasteiger partial charge in [0.05, 0.1) is 19.2 Å². The number of esters is 1. The number of likely N-dealkylation sites (N-methyl/N-ethyl adjacent to an activating group) is 1. The normalized spacial score (nSPS) is 10.8. The highest BCUT2D eigenvalue weighted by Gasteiger charge is 2.12. The van der Waals surface area contributed by atoms with Gasteiger partial charge in [-0.3, -0.25) is 9.69 Å². The first-order chi connectivity index (χ1) is 9.83. The molecule has 6 heteroatoms. The lowest BCUT2D eigenvalue weighted by Crippen LogP contribution is -2.38. The Kier molecular flexibility index (Phi) is 6.84. The van der Waals surface area contributed by atoms with Crippen LogP contribution in [0.2, 0.25) is 0 Å². The molecule has 1 aromatic carbocycles. The van der Waals surface area contributed by atoms with E-state index in [4.69, 9.17) is 0 Å². The minimum Gasteiger partial charge on any atom is -0.465 e. The molecule has 0 fully saturated rings. The quantitative estimate of drug-likeness (QED) is 0.793. The highest BCUT2D eigenvalue weighted by atomic mass is 79.9. The smallest absolute Gasteiger partial charge is 0.337 e. The van der Waals surface area contributed by atoms with Crippen molar-refractivity contribution in [2.45, 2.75) is 26.4 Å². The van der Waals surface area contributed by atoms with Crippen molar-refractivity contribution in [1.29, 1.82) is 0 Å². The van der Waals surface area contributed by atoms with Crippen LogP contribution in [0, 0.1) is 0 Å². The monoisotopic (exact) mass is 356 g/mol. The molecule has 21 heavy (non-hydrogen) atoms. The Balaban J connectivity index is 2.66. The van der Waals surface area contributed by atoms with Crippen LogP contribution in [0.3, 0.4) is 0 Å². The molecule has 0 spiro atoms. The van der Waals surface area contributed by atoms with E-state index in [9.17, 15) is 9.59 Å². The summed E-state index contributed by atoms with van der Waals surface area (Å²) in [5.41, 5.74) is 1.50. The van der Waals surface area contributed by atoms with Gasteiger partial charge in [0, 0.05) is 17.1 Å². The van der Waals surface area contributed by atoms with Crippen molar-refractivity contribution >= 4 is 27.8 Å². The van der Waals surface area contributed by atoms with Crippen molar-refractivity contribution in [3.8, 4) is 0 Å². The molecule has 1 rings (SSSR count). The van der Waals surface area contributed by atoms with Crippen molar-refractivity contribution in [1.82, 2.24) is 10.2 Å².